The predicted molar refractivity (Wildman–Crippen MR) is 121 cm³/mol. The highest BCUT2D eigenvalue weighted by molar-refractivity contribution is 7.92. The van der Waals surface area contributed by atoms with Gasteiger partial charge in [0, 0.05) is 43.2 Å². The fourth-order valence-corrected chi connectivity index (χ4v) is 4.97. The summed E-state index contributed by atoms with van der Waals surface area (Å²) in [5.74, 6) is -0.297. The second-order valence-corrected chi connectivity index (χ2v) is 9.90. The molecule has 2 amide bonds. The van der Waals surface area contributed by atoms with Gasteiger partial charge in [0.15, 0.2) is 0 Å². The lowest BCUT2D eigenvalue weighted by atomic mass is 10.0. The minimum Gasteiger partial charge on any atom is -0.352 e. The highest BCUT2D eigenvalue weighted by Gasteiger charge is 2.27. The van der Waals surface area contributed by atoms with Gasteiger partial charge in [-0.05, 0) is 49.2 Å². The molecule has 1 N–H and O–H groups in total. The van der Waals surface area contributed by atoms with Crippen LogP contribution < -0.4 is 9.62 Å². The van der Waals surface area contributed by atoms with Crippen LogP contribution in [0.15, 0.2) is 53.4 Å². The number of nitrogens with zero attached hydrogens (tertiary/aromatic N) is 2. The number of nitrogens with one attached hydrogen (secondary N) is 1. The maximum absolute atomic E-state index is 13.1. The van der Waals surface area contributed by atoms with Crippen molar-refractivity contribution in [1.29, 1.82) is 0 Å². The van der Waals surface area contributed by atoms with Crippen LogP contribution in [0, 0.1) is 0 Å². The number of piperidine rings is 1. The summed E-state index contributed by atoms with van der Waals surface area (Å²) in [6.07, 6.45) is 1.98. The third kappa shape index (κ3) is 5.37. The van der Waals surface area contributed by atoms with Gasteiger partial charge < -0.3 is 10.2 Å². The van der Waals surface area contributed by atoms with Gasteiger partial charge >= 0.3 is 0 Å². The molecule has 0 saturated carbocycles. The van der Waals surface area contributed by atoms with E-state index in [4.69, 9.17) is 11.6 Å². The summed E-state index contributed by atoms with van der Waals surface area (Å²) >= 11 is 5.99. The highest BCUT2D eigenvalue weighted by Crippen LogP contribution is 2.25. The Bertz CT molecular complexity index is 1070. The van der Waals surface area contributed by atoms with Crippen molar-refractivity contribution >= 4 is 39.1 Å². The van der Waals surface area contributed by atoms with E-state index >= 15 is 0 Å². The van der Waals surface area contributed by atoms with Gasteiger partial charge in [0.1, 0.15) is 0 Å². The van der Waals surface area contributed by atoms with Crippen LogP contribution in [-0.4, -0.2) is 51.3 Å². The van der Waals surface area contributed by atoms with Crippen LogP contribution in [0.25, 0.3) is 0 Å². The normalized spacial score (nSPS) is 16.6. The zero-order valence-electron chi connectivity index (χ0n) is 17.5. The van der Waals surface area contributed by atoms with Gasteiger partial charge in [0.25, 0.3) is 15.9 Å². The molecule has 0 radical (unpaired) electrons. The summed E-state index contributed by atoms with van der Waals surface area (Å²) in [5.41, 5.74) is 0.720. The number of likely N-dealkylation sites (tertiary alicyclic amines) is 1. The molecule has 1 saturated heterocycles. The van der Waals surface area contributed by atoms with Crippen LogP contribution in [0.5, 0.6) is 0 Å². The second-order valence-electron chi connectivity index (χ2n) is 7.49. The number of hydrogen-bond donors (Lipinski definition) is 1. The van der Waals surface area contributed by atoms with Crippen molar-refractivity contribution in [2.75, 3.05) is 24.4 Å². The average Bonchev–Trinajstić information content (AvgIpc) is 2.78. The van der Waals surface area contributed by atoms with E-state index in [-0.39, 0.29) is 22.8 Å². The number of benzene rings is 2. The van der Waals surface area contributed by atoms with Crippen LogP contribution in [0.3, 0.4) is 0 Å². The number of hydrogen-bond acceptors (Lipinski definition) is 4. The van der Waals surface area contributed by atoms with E-state index in [1.807, 2.05) is 0 Å². The van der Waals surface area contributed by atoms with Crippen molar-refractivity contribution in [3.8, 4) is 0 Å². The Labute approximate surface area is 188 Å². The maximum atomic E-state index is 13.1. The van der Waals surface area contributed by atoms with Crippen molar-refractivity contribution < 1.29 is 18.0 Å². The summed E-state index contributed by atoms with van der Waals surface area (Å²) in [5, 5.41) is 3.36. The Balaban J connectivity index is 1.80. The number of carbonyl (C=O) groups excluding carboxylic acids is 2. The third-order valence-electron chi connectivity index (χ3n) is 5.31. The Morgan fingerprint density at radius 3 is 2.65 bits per heavy atom. The topological polar surface area (TPSA) is 86.8 Å². The third-order valence-corrected chi connectivity index (χ3v) is 7.32. The molecule has 2 aromatic carbocycles. The van der Waals surface area contributed by atoms with E-state index in [0.29, 0.717) is 35.8 Å². The highest BCUT2D eigenvalue weighted by atomic mass is 35.5. The molecule has 1 unspecified atom stereocenters. The summed E-state index contributed by atoms with van der Waals surface area (Å²) in [7, 11) is -2.43. The first-order valence-electron chi connectivity index (χ1n) is 10.2. The molecular formula is C22H26ClN3O4S. The van der Waals surface area contributed by atoms with E-state index in [1.165, 1.54) is 19.2 Å². The van der Waals surface area contributed by atoms with E-state index in [0.717, 1.165) is 17.1 Å². The van der Waals surface area contributed by atoms with Crippen LogP contribution in [0.2, 0.25) is 5.02 Å². The van der Waals surface area contributed by atoms with Crippen molar-refractivity contribution in [1.82, 2.24) is 10.2 Å². The summed E-state index contributed by atoms with van der Waals surface area (Å²) in [6.45, 7) is 2.76. The summed E-state index contributed by atoms with van der Waals surface area (Å²) in [6, 6.07) is 12.5. The van der Waals surface area contributed by atoms with Crippen LogP contribution >= 0.6 is 11.6 Å². The number of rotatable bonds is 6. The smallest absolute Gasteiger partial charge is 0.264 e. The number of sulfonamides is 1. The largest absolute Gasteiger partial charge is 0.352 e. The fraction of sp³-hybridized carbons (Fsp3) is 0.364. The Hall–Kier alpha value is -2.58. The fourth-order valence-electron chi connectivity index (χ4n) is 3.55. The zero-order valence-corrected chi connectivity index (χ0v) is 19.1. The molecule has 0 aliphatic carbocycles. The molecular weight excluding hydrogens is 438 g/mol. The molecule has 1 fully saturated rings. The quantitative estimate of drug-likeness (QED) is 0.712. The maximum Gasteiger partial charge on any atom is 0.264 e. The molecule has 1 heterocycles. The van der Waals surface area contributed by atoms with Gasteiger partial charge in [-0.3, -0.25) is 13.9 Å². The van der Waals surface area contributed by atoms with Gasteiger partial charge in [-0.25, -0.2) is 8.42 Å². The van der Waals surface area contributed by atoms with Crippen LogP contribution in [0.1, 0.15) is 36.5 Å². The molecule has 0 bridgehead atoms. The first-order chi connectivity index (χ1) is 14.7. The molecule has 3 rings (SSSR count). The van der Waals surface area contributed by atoms with E-state index in [1.54, 1.807) is 48.2 Å². The van der Waals surface area contributed by atoms with Crippen molar-refractivity contribution in [2.24, 2.45) is 0 Å². The van der Waals surface area contributed by atoms with E-state index in [9.17, 15) is 18.0 Å². The lowest BCUT2D eigenvalue weighted by Gasteiger charge is -2.33. The molecule has 1 aliphatic heterocycles. The molecule has 2 aromatic rings. The number of anilines is 1. The molecule has 166 valence electrons. The Kier molecular flexibility index (Phi) is 7.23. The first kappa shape index (κ1) is 23.1. The van der Waals surface area contributed by atoms with E-state index in [2.05, 4.69) is 5.32 Å². The molecule has 7 nitrogen and oxygen atoms in total. The SMILES string of the molecule is CCC(=O)NC1CCCN(C(=O)c2cccc(S(=O)(=O)N(C)c3cccc(Cl)c3)c2)C1. The summed E-state index contributed by atoms with van der Waals surface area (Å²) < 4.78 is 27.4. The molecule has 9 heteroatoms. The standard InChI is InChI=1S/C22H26ClN3O4S/c1-3-21(27)24-18-9-6-12-26(15-18)22(28)16-7-4-11-20(13-16)31(29,30)25(2)19-10-5-8-17(23)14-19/h4-5,7-8,10-11,13-14,18H,3,6,9,12,15H2,1-2H3,(H,24,27). The molecule has 0 spiro atoms. The van der Waals surface area contributed by atoms with Crippen molar-refractivity contribution in [2.45, 2.75) is 37.1 Å². The first-order valence-corrected chi connectivity index (χ1v) is 12.0. The molecule has 0 aromatic heterocycles. The Morgan fingerprint density at radius 1 is 1.19 bits per heavy atom. The zero-order chi connectivity index (χ0) is 22.6. The lowest BCUT2D eigenvalue weighted by Crippen LogP contribution is -2.49. The monoisotopic (exact) mass is 463 g/mol. The second kappa shape index (κ2) is 9.70. The molecule has 31 heavy (non-hydrogen) atoms. The lowest BCUT2D eigenvalue weighted by molar-refractivity contribution is -0.121. The van der Waals surface area contributed by atoms with Gasteiger partial charge in [0.05, 0.1) is 10.6 Å². The van der Waals surface area contributed by atoms with Crippen molar-refractivity contribution in [3.05, 3.63) is 59.1 Å². The van der Waals surface area contributed by atoms with Gasteiger partial charge in [-0.1, -0.05) is 30.7 Å². The number of halogens is 1. The number of carbonyl (C=O) groups is 2. The number of amides is 2. The van der Waals surface area contributed by atoms with Gasteiger partial charge in [0.2, 0.25) is 5.91 Å². The van der Waals surface area contributed by atoms with Gasteiger partial charge in [-0.15, -0.1) is 0 Å². The van der Waals surface area contributed by atoms with Crippen molar-refractivity contribution in [3.63, 3.8) is 0 Å². The predicted octanol–water partition coefficient (Wildman–Crippen LogP) is 3.30. The average molecular weight is 464 g/mol. The minimum absolute atomic E-state index is 0.0219. The molecule has 1 aliphatic rings. The minimum atomic E-state index is -3.88. The summed E-state index contributed by atoms with van der Waals surface area (Å²) in [4.78, 5) is 26.4. The van der Waals surface area contributed by atoms with Crippen LogP contribution in [-0.2, 0) is 14.8 Å². The van der Waals surface area contributed by atoms with Gasteiger partial charge in [-0.2, -0.15) is 0 Å². The Morgan fingerprint density at radius 2 is 1.94 bits per heavy atom. The van der Waals surface area contributed by atoms with Crippen LogP contribution in [0.4, 0.5) is 5.69 Å². The van der Waals surface area contributed by atoms with E-state index < -0.39 is 10.0 Å². The molecule has 1 atom stereocenters.